The van der Waals surface area contributed by atoms with E-state index >= 15 is 0 Å². The SMILES string of the molecule is N#CC12CC([N+](=O)[O-])=C(N)C1(C#N)CC([N+](=O)[O-])=C2N. The molecule has 0 aliphatic heterocycles. The maximum Gasteiger partial charge on any atom is 0.268 e. The Labute approximate surface area is 111 Å². The Balaban J connectivity index is 2.76. The van der Waals surface area contributed by atoms with Crippen LogP contribution in [0.3, 0.4) is 0 Å². The van der Waals surface area contributed by atoms with E-state index in [1.165, 1.54) is 0 Å². The summed E-state index contributed by atoms with van der Waals surface area (Å²) in [6, 6.07) is 3.49. The Morgan fingerprint density at radius 1 is 0.950 bits per heavy atom. The minimum Gasteiger partial charge on any atom is -0.395 e. The molecule has 0 spiro atoms. The third-order valence-electron chi connectivity index (χ3n) is 3.96. The van der Waals surface area contributed by atoms with Crippen LogP contribution in [0.5, 0.6) is 0 Å². The Bertz CT molecular complexity index is 636. The van der Waals surface area contributed by atoms with Gasteiger partial charge in [-0.15, -0.1) is 0 Å². The third-order valence-corrected chi connectivity index (χ3v) is 3.96. The zero-order valence-electron chi connectivity index (χ0n) is 9.99. The first-order valence-electron chi connectivity index (χ1n) is 5.37. The molecule has 102 valence electrons. The number of rotatable bonds is 2. The van der Waals surface area contributed by atoms with E-state index in [2.05, 4.69) is 0 Å². The molecule has 10 heteroatoms. The number of fused-ring (bicyclic) bond motifs is 1. The fourth-order valence-electron chi connectivity index (χ4n) is 2.85. The van der Waals surface area contributed by atoms with Crippen LogP contribution in [0.25, 0.3) is 0 Å². The van der Waals surface area contributed by atoms with Gasteiger partial charge in [-0.25, -0.2) is 0 Å². The molecule has 0 bridgehead atoms. The molecule has 0 aromatic carbocycles. The van der Waals surface area contributed by atoms with Gasteiger partial charge in [0.1, 0.15) is 22.2 Å². The van der Waals surface area contributed by atoms with Crippen LogP contribution in [0.1, 0.15) is 12.8 Å². The summed E-state index contributed by atoms with van der Waals surface area (Å²) >= 11 is 0. The van der Waals surface area contributed by atoms with Crippen LogP contribution >= 0.6 is 0 Å². The predicted molar refractivity (Wildman–Crippen MR) is 61.7 cm³/mol. The Kier molecular flexibility index (Phi) is 2.44. The first kappa shape index (κ1) is 13.3. The van der Waals surface area contributed by atoms with Gasteiger partial charge in [-0.05, 0) is 0 Å². The molecule has 2 aliphatic carbocycles. The maximum absolute atomic E-state index is 10.9. The Morgan fingerprint density at radius 3 is 1.45 bits per heavy atom. The fraction of sp³-hybridized carbons (Fsp3) is 0.400. The number of hydrogen-bond acceptors (Lipinski definition) is 8. The topological polar surface area (TPSA) is 186 Å². The zero-order valence-corrected chi connectivity index (χ0v) is 9.99. The molecule has 0 amide bonds. The number of nitrogens with two attached hydrogens (primary N) is 2. The van der Waals surface area contributed by atoms with Gasteiger partial charge in [0.05, 0.1) is 34.8 Å². The lowest BCUT2D eigenvalue weighted by molar-refractivity contribution is -0.431. The van der Waals surface area contributed by atoms with Crippen LogP contribution in [-0.2, 0) is 0 Å². The highest BCUT2D eigenvalue weighted by Gasteiger charge is 2.71. The number of nitro groups is 2. The van der Waals surface area contributed by atoms with E-state index in [4.69, 9.17) is 11.5 Å². The molecule has 0 aromatic heterocycles. The normalized spacial score (nSPS) is 31.7. The summed E-state index contributed by atoms with van der Waals surface area (Å²) in [6.45, 7) is 0. The molecule has 0 aromatic rings. The van der Waals surface area contributed by atoms with Crippen molar-refractivity contribution in [2.75, 3.05) is 0 Å². The zero-order chi connectivity index (χ0) is 15.3. The van der Waals surface area contributed by atoms with E-state index in [0.717, 1.165) is 0 Å². The first-order valence-corrected chi connectivity index (χ1v) is 5.37. The van der Waals surface area contributed by atoms with E-state index in [0.29, 0.717) is 0 Å². The average Bonchev–Trinajstić information content (AvgIpc) is 2.80. The van der Waals surface area contributed by atoms with E-state index < -0.39 is 56.3 Å². The van der Waals surface area contributed by atoms with Crippen LogP contribution in [0.2, 0.25) is 0 Å². The number of nitriles is 2. The van der Waals surface area contributed by atoms with Crippen LogP contribution in [-0.4, -0.2) is 9.85 Å². The maximum atomic E-state index is 10.9. The lowest BCUT2D eigenvalue weighted by Gasteiger charge is -2.28. The summed E-state index contributed by atoms with van der Waals surface area (Å²) < 4.78 is 0. The average molecular weight is 276 g/mol. The summed E-state index contributed by atoms with van der Waals surface area (Å²) in [5.41, 5.74) is 5.79. The molecule has 2 unspecified atom stereocenters. The number of hydrogen-bond donors (Lipinski definition) is 2. The fourth-order valence-corrected chi connectivity index (χ4v) is 2.85. The second-order valence-electron chi connectivity index (χ2n) is 4.62. The van der Waals surface area contributed by atoms with Gasteiger partial charge in [-0.3, -0.25) is 20.2 Å². The van der Waals surface area contributed by atoms with Crippen LogP contribution in [0.4, 0.5) is 0 Å². The van der Waals surface area contributed by atoms with Crippen molar-refractivity contribution < 1.29 is 9.85 Å². The van der Waals surface area contributed by atoms with Gasteiger partial charge >= 0.3 is 0 Å². The van der Waals surface area contributed by atoms with Gasteiger partial charge in [-0.2, -0.15) is 10.5 Å². The second-order valence-corrected chi connectivity index (χ2v) is 4.62. The summed E-state index contributed by atoms with van der Waals surface area (Å²) in [4.78, 5) is 20.3. The summed E-state index contributed by atoms with van der Waals surface area (Å²) in [5, 5.41) is 40.6. The van der Waals surface area contributed by atoms with E-state index in [1.807, 2.05) is 0 Å². The molecule has 20 heavy (non-hydrogen) atoms. The molecule has 2 rings (SSSR count). The molecule has 0 radical (unpaired) electrons. The molecule has 2 aliphatic rings. The van der Waals surface area contributed by atoms with Gasteiger partial charge in [0, 0.05) is 0 Å². The summed E-state index contributed by atoms with van der Waals surface area (Å²) in [5.74, 6) is 0. The van der Waals surface area contributed by atoms with Crippen LogP contribution in [0.15, 0.2) is 22.8 Å². The van der Waals surface area contributed by atoms with Crippen molar-refractivity contribution in [3.8, 4) is 12.1 Å². The van der Waals surface area contributed by atoms with Gasteiger partial charge < -0.3 is 11.5 Å². The first-order chi connectivity index (χ1) is 9.27. The summed E-state index contributed by atoms with van der Waals surface area (Å²) in [7, 11) is 0. The highest BCUT2D eigenvalue weighted by Crippen LogP contribution is 2.64. The van der Waals surface area contributed by atoms with Gasteiger partial charge in [0.15, 0.2) is 0 Å². The second kappa shape index (κ2) is 3.68. The van der Waals surface area contributed by atoms with Gasteiger partial charge in [0.25, 0.3) is 11.4 Å². The third kappa shape index (κ3) is 1.15. The van der Waals surface area contributed by atoms with Gasteiger partial charge in [-0.1, -0.05) is 0 Å². The molecule has 0 saturated carbocycles. The standard InChI is InChI=1S/C10H8N6O4/c11-3-9-1-5(15(17)18)7(13)10(9,4-12)2-6(8(9)14)16(19)20/h1-2,13-14H2. The molecule has 0 saturated heterocycles. The Hall–Kier alpha value is -3.14. The van der Waals surface area contributed by atoms with Crippen molar-refractivity contribution >= 4 is 0 Å². The minimum absolute atomic E-state index is 0.425. The molecule has 0 fully saturated rings. The van der Waals surface area contributed by atoms with Crippen LogP contribution in [0, 0.1) is 53.7 Å². The molecular formula is C10H8N6O4. The number of nitrogens with zero attached hydrogens (tertiary/aromatic N) is 4. The lowest BCUT2D eigenvalue weighted by Crippen LogP contribution is -2.39. The Morgan fingerprint density at radius 2 is 1.25 bits per heavy atom. The highest BCUT2D eigenvalue weighted by atomic mass is 16.6. The summed E-state index contributed by atoms with van der Waals surface area (Å²) in [6.07, 6.45) is -1.03. The van der Waals surface area contributed by atoms with E-state index in [-0.39, 0.29) is 0 Å². The molecule has 2 atom stereocenters. The van der Waals surface area contributed by atoms with Crippen LogP contribution < -0.4 is 11.5 Å². The quantitative estimate of drug-likeness (QED) is 0.508. The molecule has 10 nitrogen and oxygen atoms in total. The molecule has 4 N–H and O–H groups in total. The minimum atomic E-state index is -1.85. The van der Waals surface area contributed by atoms with Gasteiger partial charge in [0.2, 0.25) is 0 Å². The van der Waals surface area contributed by atoms with Crippen molar-refractivity contribution in [3.63, 3.8) is 0 Å². The number of allylic oxidation sites excluding steroid dienone is 4. The van der Waals surface area contributed by atoms with E-state index in [9.17, 15) is 30.8 Å². The van der Waals surface area contributed by atoms with Crippen molar-refractivity contribution in [1.29, 1.82) is 10.5 Å². The predicted octanol–water partition coefficient (Wildman–Crippen LogP) is -0.292. The van der Waals surface area contributed by atoms with Crippen molar-refractivity contribution in [2.24, 2.45) is 22.3 Å². The molecular weight excluding hydrogens is 268 g/mol. The lowest BCUT2D eigenvalue weighted by atomic mass is 9.67. The largest absolute Gasteiger partial charge is 0.395 e. The van der Waals surface area contributed by atoms with Crippen molar-refractivity contribution in [3.05, 3.63) is 43.0 Å². The molecule has 0 heterocycles. The highest BCUT2D eigenvalue weighted by molar-refractivity contribution is 5.52. The van der Waals surface area contributed by atoms with Crippen molar-refractivity contribution in [2.45, 2.75) is 12.8 Å². The monoisotopic (exact) mass is 276 g/mol. The smallest absolute Gasteiger partial charge is 0.268 e. The van der Waals surface area contributed by atoms with Crippen molar-refractivity contribution in [1.82, 2.24) is 0 Å². The van der Waals surface area contributed by atoms with E-state index in [1.54, 1.807) is 12.1 Å².